The first-order valence-corrected chi connectivity index (χ1v) is 7.31. The first-order chi connectivity index (χ1) is 7.78. The number of nitrogens with zero attached hydrogens (tertiary/aromatic N) is 2. The predicted octanol–water partition coefficient (Wildman–Crippen LogP) is -1.33. The summed E-state index contributed by atoms with van der Waals surface area (Å²) in [5.74, 6) is -0.441. The molecule has 1 aromatic rings. The van der Waals surface area contributed by atoms with Gasteiger partial charge in [-0.2, -0.15) is 0 Å². The van der Waals surface area contributed by atoms with Crippen molar-refractivity contribution in [3.63, 3.8) is 0 Å². The van der Waals surface area contributed by atoms with Gasteiger partial charge in [-0.25, -0.2) is 13.1 Å². The molecule has 1 amide bonds. The third kappa shape index (κ3) is 5.06. The van der Waals surface area contributed by atoms with Gasteiger partial charge in [-0.1, -0.05) is 11.3 Å². The Morgan fingerprint density at radius 2 is 2.18 bits per heavy atom. The summed E-state index contributed by atoms with van der Waals surface area (Å²) in [5, 5.41) is 10.7. The van der Waals surface area contributed by atoms with Gasteiger partial charge in [0.05, 0.1) is 18.8 Å². The van der Waals surface area contributed by atoms with E-state index < -0.39 is 22.0 Å². The minimum atomic E-state index is -3.40. The van der Waals surface area contributed by atoms with Crippen LogP contribution in [-0.2, 0) is 21.4 Å². The summed E-state index contributed by atoms with van der Waals surface area (Å²) in [6.07, 6.45) is 0.988. The fourth-order valence-electron chi connectivity index (χ4n) is 1.03. The first kappa shape index (κ1) is 13.8. The largest absolute Gasteiger partial charge is 0.374 e. The van der Waals surface area contributed by atoms with Crippen LogP contribution in [0.25, 0.3) is 0 Å². The van der Waals surface area contributed by atoms with E-state index in [4.69, 9.17) is 5.73 Å². The van der Waals surface area contributed by atoms with Crippen molar-refractivity contribution < 1.29 is 13.2 Å². The summed E-state index contributed by atoms with van der Waals surface area (Å²) >= 11 is 1.16. The Bertz CT molecular complexity index is 497. The fraction of sp³-hybridized carbons (Fsp3) is 0.571. The van der Waals surface area contributed by atoms with E-state index >= 15 is 0 Å². The Labute approximate surface area is 103 Å². The Morgan fingerprint density at radius 3 is 2.65 bits per heavy atom. The van der Waals surface area contributed by atoms with Crippen molar-refractivity contribution in [2.24, 2.45) is 0 Å². The lowest BCUT2D eigenvalue weighted by atomic mass is 10.3. The number of hydrogen-bond donors (Lipinski definition) is 3. The van der Waals surface area contributed by atoms with Crippen molar-refractivity contribution in [3.8, 4) is 0 Å². The van der Waals surface area contributed by atoms with Crippen LogP contribution in [0.5, 0.6) is 0 Å². The molecule has 0 aromatic carbocycles. The molecule has 8 nitrogen and oxygen atoms in total. The van der Waals surface area contributed by atoms with Crippen LogP contribution in [0.2, 0.25) is 0 Å². The molecule has 1 aromatic heterocycles. The van der Waals surface area contributed by atoms with E-state index in [9.17, 15) is 13.2 Å². The van der Waals surface area contributed by atoms with Crippen molar-refractivity contribution in [2.45, 2.75) is 19.5 Å². The molecule has 0 aliphatic rings. The molecule has 0 unspecified atom stereocenters. The van der Waals surface area contributed by atoms with Gasteiger partial charge >= 0.3 is 0 Å². The van der Waals surface area contributed by atoms with E-state index in [0.717, 1.165) is 17.6 Å². The number of nitrogens with one attached hydrogen (secondary N) is 2. The molecular weight excluding hydrogens is 266 g/mol. The van der Waals surface area contributed by atoms with Crippen molar-refractivity contribution >= 4 is 32.4 Å². The number of sulfonamides is 1. The standard InChI is InChI=1S/C7H13N5O3S2/c1-4(12-17(2,14)15)6(13)9-3-5-10-11-7(8)16-5/h4,12H,3H2,1-2H3,(H2,8,11)(H,9,13)/t4-/m0/s1. The maximum atomic E-state index is 11.5. The van der Waals surface area contributed by atoms with Gasteiger partial charge in [0.25, 0.3) is 0 Å². The van der Waals surface area contributed by atoms with E-state index in [1.54, 1.807) is 0 Å². The van der Waals surface area contributed by atoms with Gasteiger partial charge in [0.2, 0.25) is 21.1 Å². The van der Waals surface area contributed by atoms with Crippen molar-refractivity contribution in [1.29, 1.82) is 0 Å². The molecule has 17 heavy (non-hydrogen) atoms. The van der Waals surface area contributed by atoms with Gasteiger partial charge in [-0.15, -0.1) is 10.2 Å². The number of nitrogens with two attached hydrogens (primary N) is 1. The molecule has 0 fully saturated rings. The molecule has 1 heterocycles. The highest BCUT2D eigenvalue weighted by Crippen LogP contribution is 2.09. The maximum Gasteiger partial charge on any atom is 0.238 e. The molecule has 1 rings (SSSR count). The van der Waals surface area contributed by atoms with E-state index in [1.165, 1.54) is 6.92 Å². The van der Waals surface area contributed by atoms with Gasteiger partial charge in [0, 0.05) is 0 Å². The van der Waals surface area contributed by atoms with Crippen LogP contribution in [-0.4, -0.2) is 36.8 Å². The average molecular weight is 279 g/mol. The van der Waals surface area contributed by atoms with Gasteiger partial charge in [-0.05, 0) is 6.92 Å². The third-order valence-electron chi connectivity index (χ3n) is 1.68. The monoisotopic (exact) mass is 279 g/mol. The topological polar surface area (TPSA) is 127 Å². The van der Waals surface area contributed by atoms with Crippen LogP contribution in [0.1, 0.15) is 11.9 Å². The highest BCUT2D eigenvalue weighted by atomic mass is 32.2. The molecule has 96 valence electrons. The lowest BCUT2D eigenvalue weighted by Crippen LogP contribution is -2.44. The van der Waals surface area contributed by atoms with Gasteiger partial charge in [-0.3, -0.25) is 4.79 Å². The van der Waals surface area contributed by atoms with Crippen LogP contribution in [0.15, 0.2) is 0 Å². The molecule has 1 atom stereocenters. The molecule has 0 radical (unpaired) electrons. The van der Waals surface area contributed by atoms with Crippen molar-refractivity contribution in [3.05, 3.63) is 5.01 Å². The quantitative estimate of drug-likeness (QED) is 0.613. The number of carbonyl (C=O) groups is 1. The minimum absolute atomic E-state index is 0.170. The highest BCUT2D eigenvalue weighted by Gasteiger charge is 2.16. The van der Waals surface area contributed by atoms with Crippen LogP contribution in [0, 0.1) is 0 Å². The second kappa shape index (κ2) is 5.38. The summed E-state index contributed by atoms with van der Waals surface area (Å²) in [6.45, 7) is 1.62. The Morgan fingerprint density at radius 1 is 1.53 bits per heavy atom. The van der Waals surface area contributed by atoms with Crippen molar-refractivity contribution in [1.82, 2.24) is 20.2 Å². The average Bonchev–Trinajstić information content (AvgIpc) is 2.58. The summed E-state index contributed by atoms with van der Waals surface area (Å²) in [7, 11) is -3.40. The van der Waals surface area contributed by atoms with Crippen LogP contribution in [0.4, 0.5) is 5.13 Å². The number of rotatable bonds is 5. The number of aromatic nitrogens is 2. The SMILES string of the molecule is C[C@H](NS(C)(=O)=O)C(=O)NCc1nnc(N)s1. The maximum absolute atomic E-state index is 11.5. The number of hydrogen-bond acceptors (Lipinski definition) is 7. The summed E-state index contributed by atoms with van der Waals surface area (Å²) < 4.78 is 24.0. The normalized spacial score (nSPS) is 13.3. The second-order valence-electron chi connectivity index (χ2n) is 3.36. The molecule has 0 aliphatic heterocycles. The molecule has 0 saturated heterocycles. The molecular formula is C7H13N5O3S2. The number of anilines is 1. The zero-order valence-corrected chi connectivity index (χ0v) is 10.9. The van der Waals surface area contributed by atoms with Gasteiger partial charge in [0.1, 0.15) is 5.01 Å². The lowest BCUT2D eigenvalue weighted by molar-refractivity contribution is -0.122. The number of carbonyl (C=O) groups excluding carboxylic acids is 1. The van der Waals surface area contributed by atoms with E-state index in [-0.39, 0.29) is 6.54 Å². The van der Waals surface area contributed by atoms with Crippen molar-refractivity contribution in [2.75, 3.05) is 12.0 Å². The van der Waals surface area contributed by atoms with Crippen LogP contribution in [0.3, 0.4) is 0 Å². The van der Waals surface area contributed by atoms with Crippen LogP contribution >= 0.6 is 11.3 Å². The van der Waals surface area contributed by atoms with Gasteiger partial charge < -0.3 is 11.1 Å². The summed E-state index contributed by atoms with van der Waals surface area (Å²) in [4.78, 5) is 11.5. The molecule has 0 spiro atoms. The summed E-state index contributed by atoms with van der Waals surface area (Å²) in [5.41, 5.74) is 5.37. The first-order valence-electron chi connectivity index (χ1n) is 4.61. The van der Waals surface area contributed by atoms with Gasteiger partial charge in [0.15, 0.2) is 0 Å². The van der Waals surface area contributed by atoms with E-state index in [2.05, 4.69) is 20.2 Å². The molecule has 0 aliphatic carbocycles. The molecule has 0 saturated carbocycles. The minimum Gasteiger partial charge on any atom is -0.374 e. The Hall–Kier alpha value is -1.26. The third-order valence-corrected chi connectivity index (χ3v) is 3.21. The molecule has 4 N–H and O–H groups in total. The summed E-state index contributed by atoms with van der Waals surface area (Å²) in [6, 6.07) is -0.838. The smallest absolute Gasteiger partial charge is 0.238 e. The number of amides is 1. The van der Waals surface area contributed by atoms with E-state index in [1.807, 2.05) is 0 Å². The second-order valence-corrected chi connectivity index (χ2v) is 6.24. The molecule has 10 heteroatoms. The predicted molar refractivity (Wildman–Crippen MR) is 63.6 cm³/mol. The van der Waals surface area contributed by atoms with Crippen LogP contribution < -0.4 is 15.8 Å². The zero-order chi connectivity index (χ0) is 13.1. The fourth-order valence-corrected chi connectivity index (χ4v) is 2.33. The highest BCUT2D eigenvalue weighted by molar-refractivity contribution is 7.88. The Kier molecular flexibility index (Phi) is 4.37. The molecule has 0 bridgehead atoms. The lowest BCUT2D eigenvalue weighted by Gasteiger charge is -2.11. The zero-order valence-electron chi connectivity index (χ0n) is 9.30. The van der Waals surface area contributed by atoms with E-state index in [0.29, 0.717) is 10.1 Å². The Balaban J connectivity index is 2.44. The number of nitrogen functional groups attached to an aromatic ring is 1.